The molecule has 3 nitrogen and oxygen atoms in total. The van der Waals surface area contributed by atoms with Crippen molar-refractivity contribution >= 4 is 0 Å². The Labute approximate surface area is 143 Å². The fourth-order valence-corrected chi connectivity index (χ4v) is 2.88. The average Bonchev–Trinajstić information content (AvgIpc) is 2.49. The summed E-state index contributed by atoms with van der Waals surface area (Å²) in [6.45, 7) is 14.9. The molecule has 0 amide bonds. The van der Waals surface area contributed by atoms with Crippen molar-refractivity contribution in [3.05, 3.63) is 30.3 Å². The molecule has 2 atom stereocenters. The highest BCUT2D eigenvalue weighted by Crippen LogP contribution is 2.18. The van der Waals surface area contributed by atoms with Gasteiger partial charge in [-0.3, -0.25) is 0 Å². The quantitative estimate of drug-likeness (QED) is 0.337. The van der Waals surface area contributed by atoms with Crippen LogP contribution in [0.2, 0.25) is 0 Å². The van der Waals surface area contributed by atoms with Gasteiger partial charge in [0.15, 0.2) is 6.23 Å². The molecule has 0 aliphatic rings. The van der Waals surface area contributed by atoms with Crippen LogP contribution in [0.4, 0.5) is 0 Å². The summed E-state index contributed by atoms with van der Waals surface area (Å²) in [7, 11) is 2.32. The van der Waals surface area contributed by atoms with Crippen molar-refractivity contribution in [2.45, 2.75) is 47.3 Å². The lowest BCUT2D eigenvalue weighted by atomic mass is 10.1. The van der Waals surface area contributed by atoms with Gasteiger partial charge >= 0.3 is 0 Å². The van der Waals surface area contributed by atoms with E-state index in [0.717, 1.165) is 29.2 Å². The minimum absolute atomic E-state index is 0.190. The van der Waals surface area contributed by atoms with Crippen molar-refractivity contribution in [3.63, 3.8) is 0 Å². The van der Waals surface area contributed by atoms with E-state index in [2.05, 4.69) is 41.7 Å². The normalized spacial score (nSPS) is 15.7. The molecule has 3 heteroatoms. The molecule has 0 saturated carbocycles. The number of benzene rings is 1. The summed E-state index contributed by atoms with van der Waals surface area (Å²) in [5.41, 5.74) is 0. The van der Waals surface area contributed by atoms with Gasteiger partial charge in [0.05, 0.1) is 26.7 Å². The van der Waals surface area contributed by atoms with E-state index >= 15 is 0 Å². The maximum absolute atomic E-state index is 6.11. The number of hydrogen-bond donors (Lipinski definition) is 0. The SMILES string of the molecule is CC(C)CC[N+](C)(CC(C)C)C(C)OCCOc1ccccc1. The second-order valence-electron chi connectivity index (χ2n) is 7.59. The van der Waals surface area contributed by atoms with E-state index in [1.54, 1.807) is 0 Å². The molecule has 0 fully saturated rings. The fraction of sp³-hybridized carbons (Fsp3) is 0.700. The highest BCUT2D eigenvalue weighted by molar-refractivity contribution is 5.20. The van der Waals surface area contributed by atoms with Gasteiger partial charge in [0, 0.05) is 12.8 Å². The molecule has 0 bridgehead atoms. The van der Waals surface area contributed by atoms with Gasteiger partial charge in [0.2, 0.25) is 0 Å². The lowest BCUT2D eigenvalue weighted by Gasteiger charge is -2.41. The number of ether oxygens (including phenoxy) is 2. The third-order valence-corrected chi connectivity index (χ3v) is 4.33. The van der Waals surface area contributed by atoms with E-state index in [1.807, 2.05) is 30.3 Å². The monoisotopic (exact) mass is 322 g/mol. The molecule has 2 unspecified atom stereocenters. The molecule has 1 aromatic rings. The van der Waals surface area contributed by atoms with Crippen LogP contribution < -0.4 is 4.74 Å². The average molecular weight is 323 g/mol. The Kier molecular flexibility index (Phi) is 8.64. The van der Waals surface area contributed by atoms with Crippen molar-refractivity contribution in [2.24, 2.45) is 11.8 Å². The predicted octanol–water partition coefficient (Wildman–Crippen LogP) is 4.58. The highest BCUT2D eigenvalue weighted by Gasteiger charge is 2.30. The highest BCUT2D eigenvalue weighted by atomic mass is 16.5. The van der Waals surface area contributed by atoms with E-state index in [9.17, 15) is 0 Å². The van der Waals surface area contributed by atoms with Crippen molar-refractivity contribution < 1.29 is 14.0 Å². The molecule has 0 spiro atoms. The Hall–Kier alpha value is -1.06. The van der Waals surface area contributed by atoms with Gasteiger partial charge < -0.3 is 14.0 Å². The number of nitrogens with zero attached hydrogens (tertiary/aromatic N) is 1. The lowest BCUT2D eigenvalue weighted by Crippen LogP contribution is -2.55. The van der Waals surface area contributed by atoms with Crippen LogP contribution in [-0.2, 0) is 4.74 Å². The molecule has 0 radical (unpaired) electrons. The molecule has 1 aromatic carbocycles. The molecule has 0 aliphatic heterocycles. The maximum Gasteiger partial charge on any atom is 0.190 e. The Morgan fingerprint density at radius 2 is 1.57 bits per heavy atom. The molecule has 1 rings (SSSR count). The van der Waals surface area contributed by atoms with Crippen molar-refractivity contribution in [1.29, 1.82) is 0 Å². The molecule has 0 aliphatic carbocycles. The molecule has 0 heterocycles. The molecule has 132 valence electrons. The first-order valence-electron chi connectivity index (χ1n) is 8.97. The lowest BCUT2D eigenvalue weighted by molar-refractivity contribution is -0.955. The molecular weight excluding hydrogens is 286 g/mol. The van der Waals surface area contributed by atoms with Gasteiger partial charge in [-0.15, -0.1) is 0 Å². The minimum Gasteiger partial charge on any atom is -0.491 e. The van der Waals surface area contributed by atoms with Crippen LogP contribution in [0.1, 0.15) is 41.0 Å². The standard InChI is InChI=1S/C20H36NO2/c1-17(2)12-13-21(6,16-18(3)4)19(5)22-14-15-23-20-10-8-7-9-11-20/h7-11,17-19H,12-16H2,1-6H3/q+1. The Morgan fingerprint density at radius 1 is 0.913 bits per heavy atom. The van der Waals surface area contributed by atoms with Crippen LogP contribution in [0.5, 0.6) is 5.75 Å². The maximum atomic E-state index is 6.11. The summed E-state index contributed by atoms with van der Waals surface area (Å²) in [5.74, 6) is 2.30. The number of hydrogen-bond acceptors (Lipinski definition) is 2. The molecule has 0 N–H and O–H groups in total. The minimum atomic E-state index is 0.190. The molecular formula is C20H36NO2+. The number of para-hydroxylation sites is 1. The van der Waals surface area contributed by atoms with E-state index < -0.39 is 0 Å². The van der Waals surface area contributed by atoms with Crippen LogP contribution in [-0.4, -0.2) is 44.1 Å². The molecule has 0 saturated heterocycles. The van der Waals surface area contributed by atoms with E-state index in [4.69, 9.17) is 9.47 Å². The number of rotatable bonds is 11. The largest absolute Gasteiger partial charge is 0.491 e. The van der Waals surface area contributed by atoms with Gasteiger partial charge in [0.25, 0.3) is 0 Å². The third-order valence-electron chi connectivity index (χ3n) is 4.33. The van der Waals surface area contributed by atoms with Crippen molar-refractivity contribution in [1.82, 2.24) is 0 Å². The first-order valence-corrected chi connectivity index (χ1v) is 8.97. The predicted molar refractivity (Wildman–Crippen MR) is 97.6 cm³/mol. The van der Waals surface area contributed by atoms with Crippen molar-refractivity contribution in [2.75, 3.05) is 33.4 Å². The van der Waals surface area contributed by atoms with Crippen LogP contribution in [0.15, 0.2) is 30.3 Å². The van der Waals surface area contributed by atoms with Gasteiger partial charge in [-0.2, -0.15) is 0 Å². The number of quaternary nitrogens is 1. The first-order chi connectivity index (χ1) is 10.8. The van der Waals surface area contributed by atoms with Crippen LogP contribution in [0.3, 0.4) is 0 Å². The smallest absolute Gasteiger partial charge is 0.190 e. The Bertz CT molecular complexity index is 419. The van der Waals surface area contributed by atoms with Gasteiger partial charge in [-0.1, -0.05) is 45.9 Å². The van der Waals surface area contributed by atoms with Crippen LogP contribution in [0.25, 0.3) is 0 Å². The zero-order chi connectivity index (χ0) is 17.3. The zero-order valence-electron chi connectivity index (χ0n) is 15.9. The van der Waals surface area contributed by atoms with E-state index in [0.29, 0.717) is 19.1 Å². The molecule has 23 heavy (non-hydrogen) atoms. The van der Waals surface area contributed by atoms with Crippen LogP contribution in [0, 0.1) is 11.8 Å². The molecule has 0 aromatic heterocycles. The van der Waals surface area contributed by atoms with E-state index in [-0.39, 0.29) is 6.23 Å². The van der Waals surface area contributed by atoms with Crippen LogP contribution >= 0.6 is 0 Å². The van der Waals surface area contributed by atoms with Gasteiger partial charge in [-0.05, 0) is 24.5 Å². The summed E-state index contributed by atoms with van der Waals surface area (Å²) >= 11 is 0. The summed E-state index contributed by atoms with van der Waals surface area (Å²) < 4.78 is 12.8. The first kappa shape index (κ1) is 20.0. The second-order valence-corrected chi connectivity index (χ2v) is 7.59. The zero-order valence-corrected chi connectivity index (χ0v) is 15.9. The summed E-state index contributed by atoms with van der Waals surface area (Å²) in [6, 6.07) is 9.92. The van der Waals surface area contributed by atoms with Gasteiger partial charge in [0.1, 0.15) is 12.4 Å². The van der Waals surface area contributed by atoms with Crippen molar-refractivity contribution in [3.8, 4) is 5.75 Å². The van der Waals surface area contributed by atoms with E-state index in [1.165, 1.54) is 6.42 Å². The fourth-order valence-electron chi connectivity index (χ4n) is 2.88. The Morgan fingerprint density at radius 3 is 2.13 bits per heavy atom. The van der Waals surface area contributed by atoms with Gasteiger partial charge in [-0.25, -0.2) is 0 Å². The topological polar surface area (TPSA) is 18.5 Å². The summed E-state index contributed by atoms with van der Waals surface area (Å²) in [4.78, 5) is 0. The summed E-state index contributed by atoms with van der Waals surface area (Å²) in [5, 5.41) is 0. The third kappa shape index (κ3) is 7.85. The second kappa shape index (κ2) is 9.94. The summed E-state index contributed by atoms with van der Waals surface area (Å²) in [6.07, 6.45) is 1.42. The Balaban J connectivity index is 2.44.